The molecule has 0 aliphatic heterocycles. The van der Waals surface area contributed by atoms with Gasteiger partial charge >= 0.3 is 0 Å². The van der Waals surface area contributed by atoms with Crippen molar-refractivity contribution in [3.05, 3.63) is 0 Å². The molecule has 0 amide bonds. The summed E-state index contributed by atoms with van der Waals surface area (Å²) in [5.41, 5.74) is 5.88. The van der Waals surface area contributed by atoms with E-state index in [1.54, 1.807) is 0 Å². The van der Waals surface area contributed by atoms with Crippen LogP contribution in [0.25, 0.3) is 0 Å². The molecule has 100 valence electrons. The first-order valence-electron chi connectivity index (χ1n) is 6.75. The van der Waals surface area contributed by atoms with E-state index in [0.717, 1.165) is 30.6 Å². The smallest absolute Gasteiger partial charge is 0.0223 e. The number of halogens is 1. The molecule has 1 nitrogen and oxygen atoms in total. The van der Waals surface area contributed by atoms with Gasteiger partial charge in [-0.1, -0.05) is 47.5 Å². The molecule has 0 fully saturated rings. The highest BCUT2D eigenvalue weighted by molar-refractivity contribution is 6.17. The minimum atomic E-state index is 0.417. The van der Waals surface area contributed by atoms with Gasteiger partial charge in [0, 0.05) is 11.9 Å². The lowest BCUT2D eigenvalue weighted by Crippen LogP contribution is -2.23. The Morgan fingerprint density at radius 2 is 1.38 bits per heavy atom. The molecule has 0 bridgehead atoms. The van der Waals surface area contributed by atoms with Crippen molar-refractivity contribution in [2.45, 2.75) is 72.8 Å². The molecule has 0 aromatic carbocycles. The Labute approximate surface area is 108 Å². The van der Waals surface area contributed by atoms with Gasteiger partial charge in [-0.15, -0.1) is 11.6 Å². The van der Waals surface area contributed by atoms with Gasteiger partial charge in [-0.2, -0.15) is 0 Å². The van der Waals surface area contributed by atoms with E-state index in [0.29, 0.717) is 6.04 Å². The van der Waals surface area contributed by atoms with Gasteiger partial charge in [-0.05, 0) is 31.1 Å². The second-order valence-corrected chi connectivity index (χ2v) is 5.79. The Hall–Kier alpha value is 0.250. The van der Waals surface area contributed by atoms with Gasteiger partial charge < -0.3 is 5.73 Å². The molecule has 16 heavy (non-hydrogen) atoms. The topological polar surface area (TPSA) is 26.0 Å². The van der Waals surface area contributed by atoms with Crippen molar-refractivity contribution in [1.29, 1.82) is 0 Å². The van der Waals surface area contributed by atoms with Crippen LogP contribution in [-0.2, 0) is 0 Å². The Morgan fingerprint density at radius 3 is 1.56 bits per heavy atom. The van der Waals surface area contributed by atoms with Crippen LogP contribution in [-0.4, -0.2) is 11.9 Å². The van der Waals surface area contributed by atoms with Crippen molar-refractivity contribution < 1.29 is 0 Å². The first-order chi connectivity index (χ1) is 7.43. The van der Waals surface area contributed by atoms with E-state index in [-0.39, 0.29) is 0 Å². The molecule has 0 radical (unpaired) electrons. The standard InChI is InChI=1S/C9H21N.C5H11Cl/c1-7(2)5-9(10)6-8(3)4;1-2-3-4-5-6/h7-9H,5-6,10H2,1-4H3;2-5H2,1H3. The fourth-order valence-electron chi connectivity index (χ4n) is 1.65. The quantitative estimate of drug-likeness (QED) is 0.508. The maximum Gasteiger partial charge on any atom is 0.0223 e. The minimum absolute atomic E-state index is 0.417. The molecule has 2 heteroatoms. The van der Waals surface area contributed by atoms with Gasteiger partial charge in [-0.3, -0.25) is 0 Å². The summed E-state index contributed by atoms with van der Waals surface area (Å²) in [4.78, 5) is 0. The van der Waals surface area contributed by atoms with Gasteiger partial charge in [-0.25, -0.2) is 0 Å². The molecule has 0 aliphatic rings. The van der Waals surface area contributed by atoms with Crippen LogP contribution in [0.2, 0.25) is 0 Å². The maximum absolute atomic E-state index is 5.88. The summed E-state index contributed by atoms with van der Waals surface area (Å²) in [5, 5.41) is 0. The second kappa shape index (κ2) is 13.3. The summed E-state index contributed by atoms with van der Waals surface area (Å²) in [7, 11) is 0. The zero-order valence-corrected chi connectivity index (χ0v) is 12.7. The predicted octanol–water partition coefficient (Wildman–Crippen LogP) is 4.82. The van der Waals surface area contributed by atoms with Crippen LogP contribution < -0.4 is 5.73 Å². The van der Waals surface area contributed by atoms with Crippen LogP contribution in [0.1, 0.15) is 66.7 Å². The number of nitrogens with two attached hydrogens (primary N) is 1. The van der Waals surface area contributed by atoms with Gasteiger partial charge in [0.15, 0.2) is 0 Å². The lowest BCUT2D eigenvalue weighted by Gasteiger charge is -2.15. The monoisotopic (exact) mass is 249 g/mol. The number of hydrogen-bond acceptors (Lipinski definition) is 1. The predicted molar refractivity (Wildman–Crippen MR) is 77.1 cm³/mol. The van der Waals surface area contributed by atoms with Crippen LogP contribution in [0, 0.1) is 11.8 Å². The van der Waals surface area contributed by atoms with Crippen LogP contribution in [0.3, 0.4) is 0 Å². The molecule has 0 aromatic heterocycles. The largest absolute Gasteiger partial charge is 0.328 e. The molecule has 0 aliphatic carbocycles. The molecule has 0 spiro atoms. The van der Waals surface area contributed by atoms with E-state index in [1.807, 2.05) is 0 Å². The van der Waals surface area contributed by atoms with E-state index < -0.39 is 0 Å². The normalized spacial score (nSPS) is 10.9. The fourth-order valence-corrected chi connectivity index (χ4v) is 1.84. The Morgan fingerprint density at radius 1 is 0.938 bits per heavy atom. The van der Waals surface area contributed by atoms with Crippen molar-refractivity contribution in [3.63, 3.8) is 0 Å². The van der Waals surface area contributed by atoms with Crippen molar-refractivity contribution in [3.8, 4) is 0 Å². The fraction of sp³-hybridized carbons (Fsp3) is 1.00. The van der Waals surface area contributed by atoms with Crippen molar-refractivity contribution in [2.75, 3.05) is 5.88 Å². The molecule has 0 aromatic rings. The third-order valence-electron chi connectivity index (χ3n) is 2.29. The number of rotatable bonds is 7. The lowest BCUT2D eigenvalue weighted by atomic mass is 9.97. The molecular weight excluding hydrogens is 218 g/mol. The Balaban J connectivity index is 0. The Bertz CT molecular complexity index is 110. The molecule has 0 atom stereocenters. The van der Waals surface area contributed by atoms with E-state index >= 15 is 0 Å². The lowest BCUT2D eigenvalue weighted by molar-refractivity contribution is 0.422. The van der Waals surface area contributed by atoms with E-state index in [4.69, 9.17) is 17.3 Å². The van der Waals surface area contributed by atoms with E-state index in [2.05, 4.69) is 34.6 Å². The Kier molecular flexibility index (Phi) is 15.5. The molecule has 0 saturated carbocycles. The second-order valence-electron chi connectivity index (χ2n) is 5.42. The first kappa shape index (κ1) is 18.6. The van der Waals surface area contributed by atoms with E-state index in [1.165, 1.54) is 19.3 Å². The summed E-state index contributed by atoms with van der Waals surface area (Å²) >= 11 is 5.38. The van der Waals surface area contributed by atoms with Crippen LogP contribution in [0.4, 0.5) is 0 Å². The van der Waals surface area contributed by atoms with Gasteiger partial charge in [0.05, 0.1) is 0 Å². The number of alkyl halides is 1. The maximum atomic E-state index is 5.88. The van der Waals surface area contributed by atoms with Gasteiger partial charge in [0.2, 0.25) is 0 Å². The summed E-state index contributed by atoms with van der Waals surface area (Å²) in [6.45, 7) is 11.1. The summed E-state index contributed by atoms with van der Waals surface area (Å²) in [6.07, 6.45) is 6.06. The average molecular weight is 250 g/mol. The van der Waals surface area contributed by atoms with Crippen molar-refractivity contribution in [1.82, 2.24) is 0 Å². The number of unbranched alkanes of at least 4 members (excludes halogenated alkanes) is 2. The molecule has 0 rings (SSSR count). The summed E-state index contributed by atoms with van der Waals surface area (Å²) in [5.74, 6) is 2.32. The SMILES string of the molecule is CC(C)CC(N)CC(C)C.CCCCCCl. The minimum Gasteiger partial charge on any atom is -0.328 e. The van der Waals surface area contributed by atoms with Crippen LogP contribution in [0.15, 0.2) is 0 Å². The highest BCUT2D eigenvalue weighted by atomic mass is 35.5. The molecule has 0 heterocycles. The molecule has 0 unspecified atom stereocenters. The third kappa shape index (κ3) is 19.8. The molecule has 2 N–H and O–H groups in total. The number of hydrogen-bond donors (Lipinski definition) is 1. The zero-order chi connectivity index (χ0) is 13.0. The van der Waals surface area contributed by atoms with Gasteiger partial charge in [0.25, 0.3) is 0 Å². The summed E-state index contributed by atoms with van der Waals surface area (Å²) < 4.78 is 0. The van der Waals surface area contributed by atoms with Crippen LogP contribution in [0.5, 0.6) is 0 Å². The highest BCUT2D eigenvalue weighted by Gasteiger charge is 2.06. The third-order valence-corrected chi connectivity index (χ3v) is 2.55. The first-order valence-corrected chi connectivity index (χ1v) is 7.28. The van der Waals surface area contributed by atoms with Crippen molar-refractivity contribution in [2.24, 2.45) is 17.6 Å². The zero-order valence-electron chi connectivity index (χ0n) is 11.9. The average Bonchev–Trinajstić information content (AvgIpc) is 2.12. The van der Waals surface area contributed by atoms with E-state index in [9.17, 15) is 0 Å². The van der Waals surface area contributed by atoms with Gasteiger partial charge in [0.1, 0.15) is 0 Å². The molecular formula is C14H32ClN. The van der Waals surface area contributed by atoms with Crippen LogP contribution >= 0.6 is 11.6 Å². The molecule has 0 saturated heterocycles. The van der Waals surface area contributed by atoms with Crippen molar-refractivity contribution >= 4 is 11.6 Å². The summed E-state index contributed by atoms with van der Waals surface area (Å²) in [6, 6.07) is 0.417. The highest BCUT2D eigenvalue weighted by Crippen LogP contribution is 2.10.